The summed E-state index contributed by atoms with van der Waals surface area (Å²) in [7, 11) is 0. The number of nitrogens with one attached hydrogen (secondary N) is 1. The summed E-state index contributed by atoms with van der Waals surface area (Å²) in [5.41, 5.74) is 6.72. The molecular weight excluding hydrogens is 245 g/mol. The maximum atomic E-state index is 11.9. The van der Waals surface area contributed by atoms with Gasteiger partial charge in [-0.3, -0.25) is 4.79 Å². The summed E-state index contributed by atoms with van der Waals surface area (Å²) in [5.74, 6) is -0.374. The van der Waals surface area contributed by atoms with Crippen molar-refractivity contribution in [3.8, 4) is 0 Å². The third-order valence-corrected chi connectivity index (χ3v) is 2.37. The van der Waals surface area contributed by atoms with Crippen LogP contribution in [0, 0.1) is 0 Å². The number of benzene rings is 1. The van der Waals surface area contributed by atoms with Crippen molar-refractivity contribution in [1.82, 2.24) is 5.32 Å². The minimum absolute atomic E-state index is 0.0109. The third-order valence-electron chi connectivity index (χ3n) is 2.37. The minimum atomic E-state index is -4.17. The molecule has 0 aliphatic rings. The van der Waals surface area contributed by atoms with Crippen LogP contribution < -0.4 is 11.1 Å². The maximum Gasteiger partial charge on any atom is 0.389 e. The van der Waals surface area contributed by atoms with Gasteiger partial charge < -0.3 is 11.1 Å². The molecule has 100 valence electrons. The molecule has 0 aliphatic heterocycles. The molecule has 0 saturated heterocycles. The van der Waals surface area contributed by atoms with Crippen LogP contribution in [0.15, 0.2) is 24.3 Å². The van der Waals surface area contributed by atoms with Crippen LogP contribution in [-0.4, -0.2) is 18.6 Å². The molecule has 1 rings (SSSR count). The molecule has 0 fully saturated rings. The summed E-state index contributed by atoms with van der Waals surface area (Å²) < 4.78 is 35.6. The molecule has 18 heavy (non-hydrogen) atoms. The Labute approximate surface area is 103 Å². The Kier molecular flexibility index (Phi) is 5.15. The molecule has 0 saturated carbocycles. The Morgan fingerprint density at radius 3 is 2.33 bits per heavy atom. The lowest BCUT2D eigenvalue weighted by Gasteiger charge is -2.07. The van der Waals surface area contributed by atoms with Crippen molar-refractivity contribution >= 4 is 5.91 Å². The number of rotatable bonds is 5. The predicted molar refractivity (Wildman–Crippen MR) is 62.0 cm³/mol. The van der Waals surface area contributed by atoms with E-state index in [9.17, 15) is 18.0 Å². The summed E-state index contributed by atoms with van der Waals surface area (Å²) in [4.78, 5) is 11.5. The molecule has 0 unspecified atom stereocenters. The topological polar surface area (TPSA) is 55.1 Å². The van der Waals surface area contributed by atoms with Gasteiger partial charge in [0.25, 0.3) is 5.91 Å². The van der Waals surface area contributed by atoms with Gasteiger partial charge in [0.05, 0.1) is 0 Å². The monoisotopic (exact) mass is 260 g/mol. The van der Waals surface area contributed by atoms with E-state index < -0.39 is 12.6 Å². The van der Waals surface area contributed by atoms with Crippen LogP contribution in [0.2, 0.25) is 0 Å². The van der Waals surface area contributed by atoms with Gasteiger partial charge >= 0.3 is 6.18 Å². The second-order valence-corrected chi connectivity index (χ2v) is 3.88. The highest BCUT2D eigenvalue weighted by Crippen LogP contribution is 2.20. The van der Waals surface area contributed by atoms with E-state index in [4.69, 9.17) is 5.73 Å². The first-order chi connectivity index (χ1) is 8.42. The van der Waals surface area contributed by atoms with Crippen LogP contribution in [0.1, 0.15) is 28.8 Å². The second kappa shape index (κ2) is 6.39. The fourth-order valence-corrected chi connectivity index (χ4v) is 1.39. The molecule has 1 amide bonds. The molecule has 0 atom stereocenters. The van der Waals surface area contributed by atoms with Crippen molar-refractivity contribution < 1.29 is 18.0 Å². The summed E-state index contributed by atoms with van der Waals surface area (Å²) >= 11 is 0. The van der Waals surface area contributed by atoms with Gasteiger partial charge in [-0.1, -0.05) is 12.1 Å². The Hall–Kier alpha value is -1.56. The van der Waals surface area contributed by atoms with Gasteiger partial charge in [0.2, 0.25) is 0 Å². The highest BCUT2D eigenvalue weighted by Gasteiger charge is 2.25. The van der Waals surface area contributed by atoms with E-state index in [1.807, 2.05) is 0 Å². The summed E-state index contributed by atoms with van der Waals surface area (Å²) in [6.45, 7) is 0.393. The summed E-state index contributed by atoms with van der Waals surface area (Å²) in [6.07, 6.45) is -5.18. The zero-order valence-electron chi connectivity index (χ0n) is 9.76. The fourth-order valence-electron chi connectivity index (χ4n) is 1.39. The number of alkyl halides is 3. The van der Waals surface area contributed by atoms with E-state index in [-0.39, 0.29) is 18.9 Å². The van der Waals surface area contributed by atoms with E-state index in [2.05, 4.69) is 5.32 Å². The number of carbonyl (C=O) groups excluding carboxylic acids is 1. The normalized spacial score (nSPS) is 11.3. The third kappa shape index (κ3) is 5.18. The molecular formula is C12H15F3N2O. The van der Waals surface area contributed by atoms with Crippen molar-refractivity contribution in [3.05, 3.63) is 35.4 Å². The highest BCUT2D eigenvalue weighted by atomic mass is 19.4. The molecule has 6 heteroatoms. The van der Waals surface area contributed by atoms with E-state index in [1.54, 1.807) is 24.3 Å². The Bertz CT molecular complexity index is 387. The molecule has 0 spiro atoms. The highest BCUT2D eigenvalue weighted by molar-refractivity contribution is 5.94. The quantitative estimate of drug-likeness (QED) is 0.797. The predicted octanol–water partition coefficient (Wildman–Crippen LogP) is 2.22. The van der Waals surface area contributed by atoms with Gasteiger partial charge in [0.1, 0.15) is 0 Å². The van der Waals surface area contributed by atoms with Gasteiger partial charge in [-0.15, -0.1) is 0 Å². The zero-order chi connectivity index (χ0) is 13.6. The molecule has 3 nitrogen and oxygen atoms in total. The first kappa shape index (κ1) is 14.5. The Morgan fingerprint density at radius 2 is 1.83 bits per heavy atom. The minimum Gasteiger partial charge on any atom is -0.352 e. The summed E-state index contributed by atoms with van der Waals surface area (Å²) in [5, 5.41) is 2.44. The largest absolute Gasteiger partial charge is 0.389 e. The van der Waals surface area contributed by atoms with E-state index in [0.29, 0.717) is 12.1 Å². The van der Waals surface area contributed by atoms with E-state index in [0.717, 1.165) is 5.56 Å². The lowest BCUT2D eigenvalue weighted by molar-refractivity contribution is -0.135. The van der Waals surface area contributed by atoms with Gasteiger partial charge in [-0.25, -0.2) is 0 Å². The van der Waals surface area contributed by atoms with Gasteiger partial charge in [0, 0.05) is 25.1 Å². The van der Waals surface area contributed by atoms with E-state index >= 15 is 0 Å². The Morgan fingerprint density at radius 1 is 1.22 bits per heavy atom. The number of carbonyl (C=O) groups is 1. The number of nitrogens with two attached hydrogens (primary N) is 1. The number of hydrogen-bond acceptors (Lipinski definition) is 2. The van der Waals surface area contributed by atoms with Crippen molar-refractivity contribution in [1.29, 1.82) is 0 Å². The molecule has 1 aromatic rings. The molecule has 3 N–H and O–H groups in total. The first-order valence-electron chi connectivity index (χ1n) is 5.56. The lowest BCUT2D eigenvalue weighted by atomic mass is 10.1. The average molecular weight is 260 g/mol. The SMILES string of the molecule is NCc1ccc(C(=O)NCCCC(F)(F)F)cc1. The zero-order valence-corrected chi connectivity index (χ0v) is 9.76. The van der Waals surface area contributed by atoms with Gasteiger partial charge in [-0.05, 0) is 24.1 Å². The fraction of sp³-hybridized carbons (Fsp3) is 0.417. The molecule has 0 aliphatic carbocycles. The van der Waals surface area contributed by atoms with Crippen LogP contribution >= 0.6 is 0 Å². The van der Waals surface area contributed by atoms with Crippen molar-refractivity contribution in [3.63, 3.8) is 0 Å². The maximum absolute atomic E-state index is 11.9. The van der Waals surface area contributed by atoms with Crippen LogP contribution in [0.25, 0.3) is 0 Å². The molecule has 0 radical (unpaired) electrons. The van der Waals surface area contributed by atoms with Crippen LogP contribution in [-0.2, 0) is 6.54 Å². The number of halogens is 3. The van der Waals surface area contributed by atoms with Crippen LogP contribution in [0.4, 0.5) is 13.2 Å². The Balaban J connectivity index is 2.36. The second-order valence-electron chi connectivity index (χ2n) is 3.88. The van der Waals surface area contributed by atoms with Crippen molar-refractivity contribution in [2.45, 2.75) is 25.6 Å². The number of amides is 1. The molecule has 0 heterocycles. The summed E-state index contributed by atoms with van der Waals surface area (Å²) in [6, 6.07) is 6.62. The van der Waals surface area contributed by atoms with Gasteiger partial charge in [-0.2, -0.15) is 13.2 Å². The molecule has 0 bridgehead atoms. The van der Waals surface area contributed by atoms with Crippen LogP contribution in [0.5, 0.6) is 0 Å². The van der Waals surface area contributed by atoms with Gasteiger partial charge in [0.15, 0.2) is 0 Å². The average Bonchev–Trinajstić information content (AvgIpc) is 2.33. The van der Waals surface area contributed by atoms with Crippen molar-refractivity contribution in [2.75, 3.05) is 6.54 Å². The molecule has 1 aromatic carbocycles. The lowest BCUT2D eigenvalue weighted by Crippen LogP contribution is -2.25. The van der Waals surface area contributed by atoms with Crippen LogP contribution in [0.3, 0.4) is 0 Å². The standard InChI is InChI=1S/C12H15F3N2O/c13-12(14,15)6-1-7-17-11(18)10-4-2-9(8-16)3-5-10/h2-5H,1,6-8,16H2,(H,17,18). The van der Waals surface area contributed by atoms with E-state index in [1.165, 1.54) is 0 Å². The van der Waals surface area contributed by atoms with Crippen molar-refractivity contribution in [2.24, 2.45) is 5.73 Å². The first-order valence-corrected chi connectivity index (χ1v) is 5.56. The smallest absolute Gasteiger partial charge is 0.352 e. The number of hydrogen-bond donors (Lipinski definition) is 2. The molecule has 0 aromatic heterocycles.